The first-order valence-corrected chi connectivity index (χ1v) is 0.447. The predicted octanol–water partition coefficient (Wildman–Crippen LogP) is 0.589. The fraction of sp³-hybridized carbons (Fsp3) is 0.500. The van der Waals surface area contributed by atoms with Gasteiger partial charge in [0.2, 0.25) is 0 Å². The van der Waals surface area contributed by atoms with Crippen LogP contribution in [0.25, 0.3) is 0 Å². The normalized spacial score (nSPS) is 1.40. The van der Waals surface area contributed by atoms with Crippen LogP contribution < -0.4 is 0 Å². The number of nitrogens with zero attached hydrogens (tertiary/aromatic N) is 1. The van der Waals surface area contributed by atoms with Crippen molar-refractivity contribution in [3.05, 3.63) is 0 Å². The lowest BCUT2D eigenvalue weighted by Gasteiger charge is -1.25. The topological polar surface area (TPSA) is 44.0 Å². The first-order valence-electron chi connectivity index (χ1n) is 0.447. The van der Waals surface area contributed by atoms with Crippen molar-refractivity contribution in [1.29, 1.82) is 5.26 Å². The fourth-order valence-corrected chi connectivity index (χ4v) is 0. The van der Waals surface area contributed by atoms with Crippen molar-refractivity contribution >= 4 is 13.5 Å². The summed E-state index contributed by atoms with van der Waals surface area (Å²) in [6, 6.07) is 0. The maximum Gasteiger partial charge on any atom is 0.283 e. The van der Waals surface area contributed by atoms with Gasteiger partial charge in [-0.2, -0.15) is 18.8 Å². The summed E-state index contributed by atoms with van der Waals surface area (Å²) < 4.78 is 0. The van der Waals surface area contributed by atoms with Gasteiger partial charge in [0.05, 0.1) is 0 Å². The van der Waals surface area contributed by atoms with Crippen molar-refractivity contribution < 1.29 is 5.11 Å². The van der Waals surface area contributed by atoms with Crippen molar-refractivity contribution in [2.24, 2.45) is 0 Å². The van der Waals surface area contributed by atoms with Crippen LogP contribution >= 0.6 is 13.5 Å². The molecular weight excluding hydrogens is 86.1 g/mol. The maximum absolute atomic E-state index is 6.88. The number of hydrogen-bond donors (Lipinski definition) is 1. The second-order valence-corrected chi connectivity index (χ2v) is 0.100. The number of rotatable bonds is 0. The van der Waals surface area contributed by atoms with Crippen molar-refractivity contribution in [2.75, 3.05) is 0 Å². The zero-order valence-electron chi connectivity index (χ0n) is 1.89. The molecule has 0 amide bonds. The Bertz CT molecular complexity index is 31.1. The van der Waals surface area contributed by atoms with Gasteiger partial charge in [0.1, 0.15) is 0 Å². The van der Waals surface area contributed by atoms with E-state index >= 15 is 0 Å². The lowest BCUT2D eigenvalue weighted by atomic mass is 11.6. The Morgan fingerprint density at radius 2 is 1.60 bits per heavy atom. The maximum atomic E-state index is 6.88. The van der Waals surface area contributed by atoms with Crippen molar-refractivity contribution in [3.8, 4) is 6.26 Å². The summed E-state index contributed by atoms with van der Waals surface area (Å²) in [5.41, 5.74) is 0. The zero-order chi connectivity index (χ0) is 2.71. The Morgan fingerprint density at radius 1 is 1.60 bits per heavy atom. The summed E-state index contributed by atoms with van der Waals surface area (Å²) in [6.45, 7) is 0. The minimum Gasteiger partial charge on any atom is -0.443 e. The number of hydrogen-bond acceptors (Lipinski definition) is 2. The molecule has 0 aliphatic heterocycles. The molecule has 0 radical (unpaired) electrons. The van der Waals surface area contributed by atoms with Gasteiger partial charge in [0.25, 0.3) is 6.26 Å². The third-order valence-corrected chi connectivity index (χ3v) is 0. The monoisotopic (exact) mass is 93.0 g/mol. The molecule has 0 rings (SSSR count). The molecule has 0 saturated carbocycles. The molecule has 0 aliphatic carbocycles. The van der Waals surface area contributed by atoms with Crippen LogP contribution in [0.15, 0.2) is 0 Å². The van der Waals surface area contributed by atoms with E-state index in [1.807, 2.05) is 0 Å². The molecule has 0 saturated heterocycles. The van der Waals surface area contributed by atoms with E-state index in [1.165, 1.54) is 0 Å². The highest BCUT2D eigenvalue weighted by Crippen LogP contribution is 1.06. The quantitative estimate of drug-likeness (QED) is 0.445. The van der Waals surface area contributed by atoms with E-state index in [4.69, 9.17) is 10.4 Å². The molecule has 0 aromatic heterocycles. The highest BCUT2D eigenvalue weighted by atomic mass is 32.1. The molecule has 3 heteroatoms. The molecule has 0 aromatic carbocycles. The summed E-state index contributed by atoms with van der Waals surface area (Å²) in [5, 5.41) is 13.8. The molecule has 2 nitrogen and oxygen atoms in total. The second kappa shape index (κ2) is 61.9. The van der Waals surface area contributed by atoms with Crippen LogP contribution in [0.3, 0.4) is 0 Å². The van der Waals surface area contributed by atoms with Gasteiger partial charge in [0.15, 0.2) is 0 Å². The molecule has 0 aromatic rings. The Balaban J connectivity index is -0.0000000200. The van der Waals surface area contributed by atoms with Crippen LogP contribution in [0.2, 0.25) is 0 Å². The summed E-state index contributed by atoms with van der Waals surface area (Å²) >= 11 is 0. The SMILES string of the molecule is C.N#CO.S. The molecule has 5 heavy (non-hydrogen) atoms. The minimum atomic E-state index is 0. The molecule has 0 unspecified atom stereocenters. The van der Waals surface area contributed by atoms with Gasteiger partial charge in [-0.1, -0.05) is 7.43 Å². The van der Waals surface area contributed by atoms with Gasteiger partial charge in [-0.15, -0.1) is 0 Å². The van der Waals surface area contributed by atoms with E-state index in [1.54, 1.807) is 0 Å². The molecule has 0 atom stereocenters. The smallest absolute Gasteiger partial charge is 0.283 e. The molecular formula is C2H7NOS. The van der Waals surface area contributed by atoms with Crippen LogP contribution in [-0.2, 0) is 0 Å². The van der Waals surface area contributed by atoms with E-state index in [0.29, 0.717) is 0 Å². The average molecular weight is 93.2 g/mol. The van der Waals surface area contributed by atoms with Crippen LogP contribution in [-0.4, -0.2) is 5.11 Å². The Labute approximate surface area is 38.5 Å². The van der Waals surface area contributed by atoms with E-state index in [2.05, 4.69) is 0 Å². The van der Waals surface area contributed by atoms with Crippen molar-refractivity contribution in [3.63, 3.8) is 0 Å². The number of aliphatic hydroxyl groups excluding tert-OH is 1. The minimum absolute atomic E-state index is 0. The average Bonchev–Trinajstić information content (AvgIpc) is 0.918. The van der Waals surface area contributed by atoms with Gasteiger partial charge in [-0.25, -0.2) is 0 Å². The van der Waals surface area contributed by atoms with Gasteiger partial charge in [-0.05, 0) is 0 Å². The Kier molecular flexibility index (Phi) is 283. The summed E-state index contributed by atoms with van der Waals surface area (Å²) in [7, 11) is 0. The molecule has 0 spiro atoms. The third-order valence-electron chi connectivity index (χ3n) is 0. The predicted molar refractivity (Wildman–Crippen MR) is 24.7 cm³/mol. The number of aliphatic hydroxyl groups is 1. The van der Waals surface area contributed by atoms with Crippen LogP contribution in [0, 0.1) is 11.5 Å². The van der Waals surface area contributed by atoms with Gasteiger partial charge in [0, 0.05) is 0 Å². The van der Waals surface area contributed by atoms with E-state index in [0.717, 1.165) is 6.26 Å². The standard InChI is InChI=1S/CHNO.CH4.H2S/c2-1-3;;/h3H;1H4;1H2. The second-order valence-electron chi connectivity index (χ2n) is 0.100. The first kappa shape index (κ1) is 22.9. The number of nitriles is 1. The highest BCUT2D eigenvalue weighted by Gasteiger charge is 1.16. The summed E-state index contributed by atoms with van der Waals surface area (Å²) in [6.07, 6.45) is 0.750. The van der Waals surface area contributed by atoms with Crippen LogP contribution in [0.4, 0.5) is 0 Å². The molecule has 1 N–H and O–H groups in total. The van der Waals surface area contributed by atoms with E-state index in [-0.39, 0.29) is 20.9 Å². The van der Waals surface area contributed by atoms with Crippen molar-refractivity contribution in [2.45, 2.75) is 7.43 Å². The van der Waals surface area contributed by atoms with E-state index < -0.39 is 0 Å². The fourth-order valence-electron chi connectivity index (χ4n) is 0. The third kappa shape index (κ3) is 75.5. The Morgan fingerprint density at radius 3 is 1.60 bits per heavy atom. The largest absolute Gasteiger partial charge is 0.443 e. The van der Waals surface area contributed by atoms with Crippen LogP contribution in [0.1, 0.15) is 7.43 Å². The first-order chi connectivity index (χ1) is 1.41. The van der Waals surface area contributed by atoms with Crippen LogP contribution in [0.5, 0.6) is 0 Å². The lowest BCUT2D eigenvalue weighted by molar-refractivity contribution is 0.503. The Hall–Kier alpha value is -0.360. The van der Waals surface area contributed by atoms with E-state index in [9.17, 15) is 0 Å². The lowest BCUT2D eigenvalue weighted by Crippen LogP contribution is -1.27. The highest BCUT2D eigenvalue weighted by molar-refractivity contribution is 7.59. The molecule has 0 aliphatic rings. The van der Waals surface area contributed by atoms with Gasteiger partial charge in [-0.3, -0.25) is 0 Å². The van der Waals surface area contributed by atoms with Crippen molar-refractivity contribution in [1.82, 2.24) is 0 Å². The summed E-state index contributed by atoms with van der Waals surface area (Å²) in [5.74, 6) is 0. The molecule has 0 fully saturated rings. The van der Waals surface area contributed by atoms with Gasteiger partial charge >= 0.3 is 0 Å². The molecule has 0 bridgehead atoms. The zero-order valence-corrected chi connectivity index (χ0v) is 2.89. The summed E-state index contributed by atoms with van der Waals surface area (Å²) in [4.78, 5) is 0. The molecule has 0 heterocycles. The molecule has 32 valence electrons. The van der Waals surface area contributed by atoms with Gasteiger partial charge < -0.3 is 5.11 Å².